The second kappa shape index (κ2) is 7.14. The highest BCUT2D eigenvalue weighted by atomic mass is 19.4. The van der Waals surface area contributed by atoms with Gasteiger partial charge in [-0.3, -0.25) is 0 Å². The standard InChI is InChI=1S/C20H19F3N4O2/c1-12-4-2-3-5-15(12)27-18-14(6-7-16(24-18)20(21,22)23)17(25-19(27)29)26-9-8-13(10-26)11-28/h2-7,13,28H,8-11H2,1H3. The fourth-order valence-corrected chi connectivity index (χ4v) is 3.69. The zero-order chi connectivity index (χ0) is 20.8. The van der Waals surface area contributed by atoms with Crippen molar-refractivity contribution < 1.29 is 18.3 Å². The number of rotatable bonds is 3. The lowest BCUT2D eigenvalue weighted by molar-refractivity contribution is -0.141. The van der Waals surface area contributed by atoms with E-state index in [1.165, 1.54) is 6.07 Å². The summed E-state index contributed by atoms with van der Waals surface area (Å²) in [5.74, 6) is 0.333. The molecular weight excluding hydrogens is 385 g/mol. The summed E-state index contributed by atoms with van der Waals surface area (Å²) >= 11 is 0. The third-order valence-corrected chi connectivity index (χ3v) is 5.21. The molecule has 0 saturated carbocycles. The molecule has 4 rings (SSSR count). The Morgan fingerprint density at radius 1 is 1.17 bits per heavy atom. The van der Waals surface area contributed by atoms with E-state index in [1.54, 1.807) is 31.2 Å². The van der Waals surface area contributed by atoms with Crippen LogP contribution in [-0.2, 0) is 6.18 Å². The molecule has 29 heavy (non-hydrogen) atoms. The minimum absolute atomic E-state index is 0.00514. The lowest BCUT2D eigenvalue weighted by Crippen LogP contribution is -2.30. The number of hydrogen-bond donors (Lipinski definition) is 1. The zero-order valence-electron chi connectivity index (χ0n) is 15.6. The van der Waals surface area contributed by atoms with E-state index in [0.717, 1.165) is 10.6 Å². The minimum Gasteiger partial charge on any atom is -0.396 e. The highest BCUT2D eigenvalue weighted by Gasteiger charge is 2.34. The van der Waals surface area contributed by atoms with Crippen molar-refractivity contribution >= 4 is 16.9 Å². The molecule has 1 aromatic carbocycles. The number of aliphatic hydroxyl groups is 1. The van der Waals surface area contributed by atoms with Gasteiger partial charge in [0.1, 0.15) is 11.5 Å². The average molecular weight is 404 g/mol. The maximum Gasteiger partial charge on any atom is 0.433 e. The monoisotopic (exact) mass is 404 g/mol. The van der Waals surface area contributed by atoms with Crippen molar-refractivity contribution in [3.8, 4) is 5.69 Å². The van der Waals surface area contributed by atoms with Crippen LogP contribution in [0, 0.1) is 12.8 Å². The van der Waals surface area contributed by atoms with Crippen LogP contribution in [0.3, 0.4) is 0 Å². The molecule has 2 aromatic heterocycles. The van der Waals surface area contributed by atoms with Crippen molar-refractivity contribution in [3.63, 3.8) is 0 Å². The topological polar surface area (TPSA) is 71.2 Å². The quantitative estimate of drug-likeness (QED) is 0.727. The van der Waals surface area contributed by atoms with Gasteiger partial charge >= 0.3 is 11.9 Å². The Morgan fingerprint density at radius 3 is 2.59 bits per heavy atom. The Morgan fingerprint density at radius 2 is 1.93 bits per heavy atom. The summed E-state index contributed by atoms with van der Waals surface area (Å²) in [5.41, 5.74) is -0.703. The second-order valence-electron chi connectivity index (χ2n) is 7.19. The number of para-hydroxylation sites is 1. The minimum atomic E-state index is -4.64. The van der Waals surface area contributed by atoms with Gasteiger partial charge in [0, 0.05) is 25.6 Å². The molecule has 1 aliphatic heterocycles. The van der Waals surface area contributed by atoms with Crippen LogP contribution in [0.1, 0.15) is 17.7 Å². The summed E-state index contributed by atoms with van der Waals surface area (Å²) in [5, 5.41) is 9.76. The van der Waals surface area contributed by atoms with E-state index in [-0.39, 0.29) is 18.2 Å². The number of pyridine rings is 1. The van der Waals surface area contributed by atoms with Crippen molar-refractivity contribution in [2.75, 3.05) is 24.6 Å². The normalized spacial score (nSPS) is 17.3. The van der Waals surface area contributed by atoms with E-state index in [0.29, 0.717) is 42.0 Å². The molecule has 0 bridgehead atoms. The Labute approximate surface area is 164 Å². The van der Waals surface area contributed by atoms with Crippen LogP contribution < -0.4 is 10.6 Å². The number of fused-ring (bicyclic) bond motifs is 1. The molecule has 1 fully saturated rings. The molecule has 0 amide bonds. The largest absolute Gasteiger partial charge is 0.433 e. The van der Waals surface area contributed by atoms with Gasteiger partial charge in [-0.25, -0.2) is 14.3 Å². The first kappa shape index (κ1) is 19.4. The number of anilines is 1. The van der Waals surface area contributed by atoms with Crippen molar-refractivity contribution in [1.82, 2.24) is 14.5 Å². The summed E-state index contributed by atoms with van der Waals surface area (Å²) in [4.78, 5) is 22.8. The number of halogens is 3. The van der Waals surface area contributed by atoms with Crippen molar-refractivity contribution in [2.45, 2.75) is 19.5 Å². The van der Waals surface area contributed by atoms with E-state index < -0.39 is 17.6 Å². The summed E-state index contributed by atoms with van der Waals surface area (Å²) in [6.07, 6.45) is -3.92. The van der Waals surface area contributed by atoms with Gasteiger partial charge < -0.3 is 10.0 Å². The Hall–Kier alpha value is -2.94. The maximum atomic E-state index is 13.3. The molecule has 0 aliphatic carbocycles. The molecule has 0 spiro atoms. The second-order valence-corrected chi connectivity index (χ2v) is 7.19. The predicted octanol–water partition coefficient (Wildman–Crippen LogP) is 2.93. The molecule has 3 aromatic rings. The molecule has 6 nitrogen and oxygen atoms in total. The van der Waals surface area contributed by atoms with E-state index >= 15 is 0 Å². The molecule has 152 valence electrons. The summed E-state index contributed by atoms with van der Waals surface area (Å²) in [6.45, 7) is 2.81. The summed E-state index contributed by atoms with van der Waals surface area (Å²) in [7, 11) is 0. The maximum absolute atomic E-state index is 13.3. The molecule has 9 heteroatoms. The molecule has 1 aliphatic rings. The fraction of sp³-hybridized carbons (Fsp3) is 0.350. The van der Waals surface area contributed by atoms with Gasteiger partial charge in [-0.1, -0.05) is 18.2 Å². The number of alkyl halides is 3. The van der Waals surface area contributed by atoms with Gasteiger partial charge in [0.25, 0.3) is 0 Å². The Balaban J connectivity index is 2.01. The molecule has 1 saturated heterocycles. The van der Waals surface area contributed by atoms with E-state index in [4.69, 9.17) is 0 Å². The predicted molar refractivity (Wildman–Crippen MR) is 102 cm³/mol. The zero-order valence-corrected chi connectivity index (χ0v) is 15.6. The number of aliphatic hydroxyl groups excluding tert-OH is 1. The SMILES string of the molecule is Cc1ccccc1-n1c(=O)nc(N2CCC(CO)C2)c2ccc(C(F)(F)F)nc21. The third-order valence-electron chi connectivity index (χ3n) is 5.21. The number of nitrogens with zero attached hydrogens (tertiary/aromatic N) is 4. The van der Waals surface area contributed by atoms with Gasteiger partial charge in [-0.15, -0.1) is 0 Å². The van der Waals surface area contributed by atoms with Crippen LogP contribution in [0.15, 0.2) is 41.2 Å². The van der Waals surface area contributed by atoms with Crippen LogP contribution in [-0.4, -0.2) is 39.3 Å². The van der Waals surface area contributed by atoms with Crippen molar-refractivity contribution in [3.05, 3.63) is 58.1 Å². The number of benzene rings is 1. The van der Waals surface area contributed by atoms with Crippen LogP contribution in [0.2, 0.25) is 0 Å². The molecule has 1 atom stereocenters. The van der Waals surface area contributed by atoms with Gasteiger partial charge in [-0.05, 0) is 37.1 Å². The van der Waals surface area contributed by atoms with E-state index in [9.17, 15) is 23.1 Å². The Bertz CT molecular complexity index is 1130. The molecule has 0 radical (unpaired) electrons. The average Bonchev–Trinajstić information content (AvgIpc) is 3.16. The molecular formula is C20H19F3N4O2. The molecule has 1 N–H and O–H groups in total. The lowest BCUT2D eigenvalue weighted by Gasteiger charge is -2.21. The van der Waals surface area contributed by atoms with E-state index in [2.05, 4.69) is 9.97 Å². The first-order chi connectivity index (χ1) is 13.8. The van der Waals surface area contributed by atoms with Crippen LogP contribution in [0.25, 0.3) is 16.7 Å². The third kappa shape index (κ3) is 3.46. The van der Waals surface area contributed by atoms with Crippen LogP contribution in [0.5, 0.6) is 0 Å². The summed E-state index contributed by atoms with van der Waals surface area (Å²) in [6, 6.07) is 9.11. The van der Waals surface area contributed by atoms with Crippen molar-refractivity contribution in [1.29, 1.82) is 0 Å². The molecule has 1 unspecified atom stereocenters. The fourth-order valence-electron chi connectivity index (χ4n) is 3.69. The number of hydrogen-bond acceptors (Lipinski definition) is 5. The highest BCUT2D eigenvalue weighted by Crippen LogP contribution is 2.33. The smallest absolute Gasteiger partial charge is 0.396 e. The van der Waals surface area contributed by atoms with Gasteiger partial charge in [0.2, 0.25) is 0 Å². The highest BCUT2D eigenvalue weighted by molar-refractivity contribution is 5.88. The van der Waals surface area contributed by atoms with Gasteiger partial charge in [-0.2, -0.15) is 18.2 Å². The Kier molecular flexibility index (Phi) is 4.77. The van der Waals surface area contributed by atoms with Gasteiger partial charge in [0.15, 0.2) is 5.65 Å². The first-order valence-corrected chi connectivity index (χ1v) is 9.22. The van der Waals surface area contributed by atoms with Crippen LogP contribution >= 0.6 is 0 Å². The van der Waals surface area contributed by atoms with E-state index in [1.807, 2.05) is 4.90 Å². The number of aromatic nitrogens is 3. The number of aryl methyl sites for hydroxylation is 1. The lowest BCUT2D eigenvalue weighted by atomic mass is 10.1. The van der Waals surface area contributed by atoms with Crippen molar-refractivity contribution in [2.24, 2.45) is 5.92 Å². The summed E-state index contributed by atoms with van der Waals surface area (Å²) < 4.78 is 41.1. The van der Waals surface area contributed by atoms with Crippen LogP contribution in [0.4, 0.5) is 19.0 Å². The first-order valence-electron chi connectivity index (χ1n) is 9.22. The molecule has 3 heterocycles. The van der Waals surface area contributed by atoms with Gasteiger partial charge in [0.05, 0.1) is 11.1 Å².